The van der Waals surface area contributed by atoms with Gasteiger partial charge in [-0.3, -0.25) is 0 Å². The lowest BCUT2D eigenvalue weighted by Crippen LogP contribution is -2.38. The van der Waals surface area contributed by atoms with E-state index in [-0.39, 0.29) is 79.7 Å². The molecule has 16 heteroatoms. The molecule has 9 rings (SSSR count). The number of aliphatic hydroxyl groups excluding tert-OH is 3. The van der Waals surface area contributed by atoms with Crippen LogP contribution in [0.3, 0.4) is 0 Å². The Labute approximate surface area is 345 Å². The molecule has 0 fully saturated rings. The molecule has 8 atom stereocenters. The summed E-state index contributed by atoms with van der Waals surface area (Å²) in [6.07, 6.45) is -9.21. The monoisotopic (exact) mass is 834 g/mol. The van der Waals surface area contributed by atoms with Crippen molar-refractivity contribution in [3.63, 3.8) is 0 Å². The van der Waals surface area contributed by atoms with Crippen molar-refractivity contribution in [1.82, 2.24) is 0 Å². The SMILES string of the molecule is Oc1ccc2c(c1)O[C@H](c1ccc(O)c(O)c1)[C@@H](O)[C@@H]2c1c(O)c2c(c([C@@H]3c4ccc(O)cc4O[C@H](c4ccc(O)c(O)c4)[C@H]3O)c1O)O[C@H](c1ccc(O)c(O)c1)[C@@H](O)C2. The van der Waals surface area contributed by atoms with Crippen LogP contribution in [0.5, 0.6) is 74.7 Å². The van der Waals surface area contributed by atoms with Gasteiger partial charge < -0.3 is 80.6 Å². The second kappa shape index (κ2) is 14.4. The van der Waals surface area contributed by atoms with E-state index < -0.39 is 94.5 Å². The highest BCUT2D eigenvalue weighted by atomic mass is 16.5. The lowest BCUT2D eigenvalue weighted by molar-refractivity contribution is 0.000360. The Hall–Kier alpha value is -7.40. The van der Waals surface area contributed by atoms with Crippen LogP contribution >= 0.6 is 0 Å². The van der Waals surface area contributed by atoms with Crippen molar-refractivity contribution in [3.8, 4) is 74.7 Å². The predicted molar refractivity (Wildman–Crippen MR) is 211 cm³/mol. The van der Waals surface area contributed by atoms with E-state index in [1.54, 1.807) is 0 Å². The average molecular weight is 835 g/mol. The lowest BCUT2D eigenvalue weighted by Gasteiger charge is -2.42. The van der Waals surface area contributed by atoms with E-state index >= 15 is 0 Å². The molecule has 16 nitrogen and oxygen atoms in total. The maximum absolute atomic E-state index is 12.9. The molecular weight excluding hydrogens is 796 g/mol. The van der Waals surface area contributed by atoms with Gasteiger partial charge in [0.25, 0.3) is 0 Å². The van der Waals surface area contributed by atoms with E-state index in [0.717, 1.165) is 12.1 Å². The van der Waals surface area contributed by atoms with Gasteiger partial charge in [-0.2, -0.15) is 0 Å². The lowest BCUT2D eigenvalue weighted by atomic mass is 9.73. The molecule has 3 aliphatic rings. The third kappa shape index (κ3) is 6.35. The van der Waals surface area contributed by atoms with Gasteiger partial charge in [0.05, 0.1) is 6.10 Å². The van der Waals surface area contributed by atoms with Crippen LogP contribution < -0.4 is 14.2 Å². The maximum Gasteiger partial charge on any atom is 0.157 e. The Bertz CT molecular complexity index is 2730. The minimum Gasteiger partial charge on any atom is -0.508 e. The number of fused-ring (bicyclic) bond motifs is 3. The molecule has 0 spiro atoms. The minimum absolute atomic E-state index is 0.00791. The number of benzene rings is 6. The zero-order valence-electron chi connectivity index (χ0n) is 31.5. The number of phenolic OH excluding ortho intramolecular Hbond substituents is 10. The Kier molecular flexibility index (Phi) is 9.23. The molecule has 0 amide bonds. The van der Waals surface area contributed by atoms with Gasteiger partial charge in [-0.15, -0.1) is 0 Å². The fourth-order valence-corrected chi connectivity index (χ4v) is 8.75. The number of hydrogen-bond acceptors (Lipinski definition) is 16. The zero-order chi connectivity index (χ0) is 43.2. The number of aromatic hydroxyl groups is 10. The van der Waals surface area contributed by atoms with Crippen molar-refractivity contribution in [1.29, 1.82) is 0 Å². The van der Waals surface area contributed by atoms with E-state index in [4.69, 9.17) is 14.2 Å². The molecule has 0 saturated carbocycles. The van der Waals surface area contributed by atoms with E-state index in [1.165, 1.54) is 78.9 Å². The Morgan fingerprint density at radius 2 is 0.836 bits per heavy atom. The van der Waals surface area contributed by atoms with Gasteiger partial charge in [0, 0.05) is 58.2 Å². The summed E-state index contributed by atoms with van der Waals surface area (Å²) in [5.41, 5.74) is 0.295. The third-order valence-corrected chi connectivity index (χ3v) is 11.7. The van der Waals surface area contributed by atoms with Gasteiger partial charge in [0.2, 0.25) is 0 Å². The highest BCUT2D eigenvalue weighted by Gasteiger charge is 2.49. The zero-order valence-corrected chi connectivity index (χ0v) is 31.5. The van der Waals surface area contributed by atoms with Crippen molar-refractivity contribution in [3.05, 3.63) is 136 Å². The van der Waals surface area contributed by atoms with Crippen molar-refractivity contribution in [2.45, 2.75) is 54.9 Å². The van der Waals surface area contributed by atoms with Crippen LogP contribution in [0.1, 0.15) is 74.7 Å². The summed E-state index contributed by atoms with van der Waals surface area (Å²) in [5, 5.41) is 144. The highest BCUT2D eigenvalue weighted by Crippen LogP contribution is 2.60. The summed E-state index contributed by atoms with van der Waals surface area (Å²) < 4.78 is 18.9. The maximum atomic E-state index is 12.9. The molecule has 13 N–H and O–H groups in total. The molecule has 61 heavy (non-hydrogen) atoms. The van der Waals surface area contributed by atoms with Gasteiger partial charge in [0.1, 0.15) is 58.6 Å². The molecule has 6 aromatic carbocycles. The summed E-state index contributed by atoms with van der Waals surface area (Å²) in [6.45, 7) is 0. The first-order valence-electron chi connectivity index (χ1n) is 19.0. The molecule has 0 bridgehead atoms. The topological polar surface area (TPSA) is 291 Å². The van der Waals surface area contributed by atoms with Crippen molar-refractivity contribution in [2.75, 3.05) is 0 Å². The number of rotatable bonds is 5. The van der Waals surface area contributed by atoms with Crippen molar-refractivity contribution < 1.29 is 80.6 Å². The van der Waals surface area contributed by atoms with Crippen LogP contribution in [0.2, 0.25) is 0 Å². The third-order valence-electron chi connectivity index (χ3n) is 11.7. The number of hydrogen-bond donors (Lipinski definition) is 13. The minimum atomic E-state index is -1.69. The molecule has 3 aliphatic heterocycles. The smallest absolute Gasteiger partial charge is 0.157 e. The molecule has 314 valence electrons. The number of phenols is 10. The van der Waals surface area contributed by atoms with Gasteiger partial charge in [-0.1, -0.05) is 30.3 Å². The summed E-state index contributed by atoms with van der Waals surface area (Å²) in [6, 6.07) is 19.2. The van der Waals surface area contributed by atoms with Crippen LogP contribution in [0.4, 0.5) is 0 Å². The summed E-state index contributed by atoms with van der Waals surface area (Å²) in [7, 11) is 0. The second-order valence-corrected chi connectivity index (χ2v) is 15.3. The van der Waals surface area contributed by atoms with Crippen molar-refractivity contribution >= 4 is 0 Å². The largest absolute Gasteiger partial charge is 0.508 e. The van der Waals surface area contributed by atoms with Gasteiger partial charge in [0.15, 0.2) is 46.7 Å². The van der Waals surface area contributed by atoms with Gasteiger partial charge in [-0.05, 0) is 65.2 Å². The van der Waals surface area contributed by atoms with E-state index in [2.05, 4.69) is 0 Å². The normalized spacial score (nSPS) is 24.0. The average Bonchev–Trinajstić information content (AvgIpc) is 3.22. The molecule has 3 heterocycles. The standard InChI is InChI=1S/C45H38O16/c46-20-4-6-22-32(14-20)59-43(18-2-9-26(49)29(52)12-18)40(57)34(22)36-38(55)24-16-31(54)42(17-1-8-25(48)28(51)11-17)61-45(24)37(39(36)56)35-23-7-5-21(47)15-33(23)60-44(41(35)58)19-3-10-27(50)30(53)13-19/h1-15,31,34-35,40-44,46-58H,16H2/t31-,34-,35-,40-,41-,42+,43+,44+/m0/s1. The fraction of sp³-hybridized carbons (Fsp3) is 0.200. The molecule has 0 radical (unpaired) electrons. The summed E-state index contributed by atoms with van der Waals surface area (Å²) in [5.74, 6) is -7.77. The van der Waals surface area contributed by atoms with Crippen LogP contribution in [-0.4, -0.2) is 84.7 Å². The molecule has 0 aliphatic carbocycles. The second-order valence-electron chi connectivity index (χ2n) is 15.3. The Balaban J connectivity index is 1.31. The quantitative estimate of drug-likeness (QED) is 0.101. The van der Waals surface area contributed by atoms with Crippen LogP contribution in [-0.2, 0) is 6.42 Å². The highest BCUT2D eigenvalue weighted by molar-refractivity contribution is 5.70. The van der Waals surface area contributed by atoms with Gasteiger partial charge in [-0.25, -0.2) is 0 Å². The molecule has 6 aromatic rings. The Morgan fingerprint density at radius 3 is 1.28 bits per heavy atom. The summed E-state index contributed by atoms with van der Waals surface area (Å²) >= 11 is 0. The van der Waals surface area contributed by atoms with E-state index in [0.29, 0.717) is 0 Å². The fourth-order valence-electron chi connectivity index (χ4n) is 8.75. The molecule has 0 unspecified atom stereocenters. The molecule has 0 saturated heterocycles. The van der Waals surface area contributed by atoms with E-state index in [9.17, 15) is 66.4 Å². The number of aliphatic hydroxyl groups is 3. The first-order chi connectivity index (χ1) is 29.1. The van der Waals surface area contributed by atoms with Crippen LogP contribution in [0, 0.1) is 0 Å². The molecule has 0 aromatic heterocycles. The van der Waals surface area contributed by atoms with Crippen molar-refractivity contribution in [2.24, 2.45) is 0 Å². The first-order valence-corrected chi connectivity index (χ1v) is 19.0. The summed E-state index contributed by atoms with van der Waals surface area (Å²) in [4.78, 5) is 0. The van der Waals surface area contributed by atoms with E-state index in [1.807, 2.05) is 0 Å². The number of ether oxygens (including phenoxy) is 3. The van der Waals surface area contributed by atoms with Crippen LogP contribution in [0.15, 0.2) is 91.0 Å². The first kappa shape index (κ1) is 39.1. The molecular formula is C45H38O16. The van der Waals surface area contributed by atoms with Crippen LogP contribution in [0.25, 0.3) is 0 Å². The Morgan fingerprint density at radius 1 is 0.410 bits per heavy atom. The predicted octanol–water partition coefficient (Wildman–Crippen LogP) is 5.03. The van der Waals surface area contributed by atoms with Gasteiger partial charge >= 0.3 is 0 Å².